The first-order valence-electron chi connectivity index (χ1n) is 30.2. The van der Waals surface area contributed by atoms with Crippen LogP contribution in [0.3, 0.4) is 0 Å². The first-order valence-corrected chi connectivity index (χ1v) is 30.2. The fourth-order valence-corrected chi connectivity index (χ4v) is 10.1. The molecule has 6 rings (SSSR count). The summed E-state index contributed by atoms with van der Waals surface area (Å²) in [4.78, 5) is 80.3. The van der Waals surface area contributed by atoms with Crippen LogP contribution in [0, 0.1) is 0 Å². The number of amides is 4. The molecule has 2 saturated heterocycles. The average Bonchev–Trinajstić information content (AvgIpc) is 0.907. The van der Waals surface area contributed by atoms with Crippen molar-refractivity contribution in [1.29, 1.82) is 0 Å². The van der Waals surface area contributed by atoms with E-state index in [4.69, 9.17) is 68.3 Å². The first-order chi connectivity index (χ1) is 42.1. The van der Waals surface area contributed by atoms with Crippen molar-refractivity contribution in [2.24, 2.45) is 11.5 Å². The minimum absolute atomic E-state index is 0.00569. The Morgan fingerprint density at radius 3 is 1.66 bits per heavy atom. The molecular formula is C62H90N6O19. The Kier molecular flexibility index (Phi) is 29.9. The van der Waals surface area contributed by atoms with Crippen LogP contribution in [0.4, 0.5) is 14.4 Å². The summed E-state index contributed by atoms with van der Waals surface area (Å²) in [5.74, 6) is -2.11. The molecule has 3 aliphatic rings. The van der Waals surface area contributed by atoms with Gasteiger partial charge in [0.2, 0.25) is 5.91 Å². The zero-order chi connectivity index (χ0) is 62.5. The zero-order valence-electron chi connectivity index (χ0n) is 50.5. The van der Waals surface area contributed by atoms with Gasteiger partial charge in [-0.1, -0.05) is 131 Å². The topological polar surface area (TPSA) is 334 Å². The predicted molar refractivity (Wildman–Crippen MR) is 314 cm³/mol. The van der Waals surface area contributed by atoms with Gasteiger partial charge in [0.1, 0.15) is 75.3 Å². The predicted octanol–water partition coefficient (Wildman–Crippen LogP) is 5.09. The molecule has 2 aliphatic heterocycles. The average molecular weight is 1220 g/mol. The zero-order valence-corrected chi connectivity index (χ0v) is 50.5. The monoisotopic (exact) mass is 1220 g/mol. The Labute approximate surface area is 509 Å². The Morgan fingerprint density at radius 2 is 1.10 bits per heavy atom. The quantitative estimate of drug-likeness (QED) is 0.0237. The molecule has 0 spiro atoms. The van der Waals surface area contributed by atoms with Crippen LogP contribution in [-0.2, 0) is 91.0 Å². The van der Waals surface area contributed by atoms with Crippen LogP contribution in [0.5, 0.6) is 0 Å². The van der Waals surface area contributed by atoms with Gasteiger partial charge in [0.25, 0.3) is 0 Å². The summed E-state index contributed by atoms with van der Waals surface area (Å²) in [7, 11) is 0. The number of aliphatic hydroxyl groups excluding tert-OH is 1. The molecule has 3 aromatic rings. The highest BCUT2D eigenvalue weighted by Crippen LogP contribution is 2.36. The summed E-state index contributed by atoms with van der Waals surface area (Å²) >= 11 is 0. The number of nitrogens with two attached hydrogens (primary N) is 2. The molecule has 1 aliphatic carbocycles. The molecule has 3 fully saturated rings. The number of rotatable bonds is 33. The third-order valence-corrected chi connectivity index (χ3v) is 14.7. The fraction of sp³-hybridized carbons (Fsp3) is 0.613. The summed E-state index contributed by atoms with van der Waals surface area (Å²) in [5.41, 5.74) is 16.0. The van der Waals surface area contributed by atoms with Gasteiger partial charge < -0.3 is 94.7 Å². The lowest BCUT2D eigenvalue weighted by Gasteiger charge is -2.52. The molecule has 482 valence electrons. The molecule has 25 nitrogen and oxygen atoms in total. The summed E-state index contributed by atoms with van der Waals surface area (Å²) < 4.78 is 74.0. The van der Waals surface area contributed by atoms with Crippen LogP contribution < -0.4 is 32.7 Å². The van der Waals surface area contributed by atoms with Gasteiger partial charge in [-0.25, -0.2) is 14.4 Å². The van der Waals surface area contributed by atoms with Crippen molar-refractivity contribution >= 4 is 36.1 Å². The normalized spacial score (nSPS) is 26.5. The highest BCUT2D eigenvalue weighted by Gasteiger charge is 2.58. The van der Waals surface area contributed by atoms with Crippen molar-refractivity contribution in [3.8, 4) is 0 Å². The van der Waals surface area contributed by atoms with E-state index in [1.807, 2.05) is 87.5 Å². The van der Waals surface area contributed by atoms with Crippen LogP contribution in [0.25, 0.3) is 0 Å². The molecule has 87 heavy (non-hydrogen) atoms. The number of unbranched alkanes of at least 4 members (excludes halogenated alkanes) is 3. The second-order valence-electron chi connectivity index (χ2n) is 21.6. The second kappa shape index (κ2) is 37.4. The van der Waals surface area contributed by atoms with E-state index in [1.165, 1.54) is 13.8 Å². The molecule has 2 heterocycles. The van der Waals surface area contributed by atoms with E-state index in [0.29, 0.717) is 50.5 Å². The Hall–Kier alpha value is -6.52. The van der Waals surface area contributed by atoms with E-state index in [2.05, 4.69) is 21.3 Å². The van der Waals surface area contributed by atoms with E-state index in [1.54, 1.807) is 24.3 Å². The number of esters is 2. The van der Waals surface area contributed by atoms with Crippen LogP contribution >= 0.6 is 0 Å². The van der Waals surface area contributed by atoms with Gasteiger partial charge in [0.15, 0.2) is 12.6 Å². The molecule has 0 bridgehead atoms. The summed E-state index contributed by atoms with van der Waals surface area (Å²) in [6.45, 7) is 7.88. The molecule has 4 amide bonds. The van der Waals surface area contributed by atoms with Crippen LogP contribution in [0.1, 0.15) is 109 Å². The van der Waals surface area contributed by atoms with Crippen LogP contribution in [0.2, 0.25) is 0 Å². The highest BCUT2D eigenvalue weighted by molar-refractivity contribution is 5.81. The van der Waals surface area contributed by atoms with Gasteiger partial charge in [0, 0.05) is 53.2 Å². The van der Waals surface area contributed by atoms with Gasteiger partial charge >= 0.3 is 30.2 Å². The first kappa shape index (κ1) is 69.6. The van der Waals surface area contributed by atoms with E-state index in [9.17, 15) is 29.1 Å². The minimum Gasteiger partial charge on any atom is -0.463 e. The number of aliphatic hydroxyl groups is 1. The van der Waals surface area contributed by atoms with E-state index >= 15 is 4.79 Å². The molecule has 1 saturated carbocycles. The maximum absolute atomic E-state index is 15.2. The standard InChI is InChI=1S/C62H90N6O19/c1-6-9-31-76-46(29-30-65-60(73)80-35-41-21-15-12-16-22-41)57(72)67-49-54(78-33-11-8-3)50(68-62(75)82-37-43-25-19-14-20-26-43)56(86-58-45(63)28-27-44(84-58)34-66-61(74)81-36-42-23-17-13-18-24-42)51(71)55(49)87-59-53(77-32-10-7-2)48(64)52(83-40(5)70)47(85-59)38-79-39(4)69/h12-26,44-56,58-59,71H,6-11,27-38,63-64H2,1-5H3,(H,65,73)(H,66,74)(H,67,72)(H,68,75)/t44?,45?,46-,47?,48?,49?,50-,51?,52+,53?,54?,55-,56?,58+,59+/m0/s1. The number of nitrogens with one attached hydrogen (secondary N) is 4. The second-order valence-corrected chi connectivity index (χ2v) is 21.6. The number of hydrogen-bond acceptors (Lipinski definition) is 21. The number of alkyl carbamates (subject to hydrolysis) is 3. The number of hydrogen-bond donors (Lipinski definition) is 7. The SMILES string of the molecule is CCCCOC1C(N)[C@H](OC(C)=O)C(COC(C)=O)O[C@@H]1O[C@@H]1C(O)C(O[C@H]2OC(CNC(=O)OCc3ccccc3)CCC2N)[C@@H](NC(=O)OCc2ccccc2)C(OCCCC)C1NC(=O)[C@H](CCNC(=O)OCc1ccccc1)OCCCC. The molecule has 25 heteroatoms. The van der Waals surface area contributed by atoms with Crippen molar-refractivity contribution < 1.29 is 90.7 Å². The van der Waals surface area contributed by atoms with E-state index < -0.39 is 134 Å². The van der Waals surface area contributed by atoms with Crippen molar-refractivity contribution in [1.82, 2.24) is 21.3 Å². The van der Waals surface area contributed by atoms with E-state index in [-0.39, 0.29) is 59.2 Å². The smallest absolute Gasteiger partial charge is 0.407 e. The van der Waals surface area contributed by atoms with Crippen LogP contribution in [-0.4, -0.2) is 172 Å². The minimum atomic E-state index is -1.89. The largest absolute Gasteiger partial charge is 0.463 e. The van der Waals surface area contributed by atoms with Gasteiger partial charge in [-0.15, -0.1) is 0 Å². The van der Waals surface area contributed by atoms with Crippen LogP contribution in [0.15, 0.2) is 91.0 Å². The lowest BCUT2D eigenvalue weighted by Crippen LogP contribution is -2.75. The number of carbonyl (C=O) groups excluding carboxylic acids is 6. The van der Waals surface area contributed by atoms with Crippen molar-refractivity contribution in [3.63, 3.8) is 0 Å². The number of benzene rings is 3. The molecule has 0 aromatic heterocycles. The lowest BCUT2D eigenvalue weighted by molar-refractivity contribution is -0.327. The number of ether oxygens (including phenoxy) is 12. The lowest BCUT2D eigenvalue weighted by atomic mass is 9.80. The summed E-state index contributed by atoms with van der Waals surface area (Å²) in [6.07, 6.45) is -13.1. The third-order valence-electron chi connectivity index (χ3n) is 14.7. The van der Waals surface area contributed by atoms with Crippen molar-refractivity contribution in [2.45, 2.75) is 204 Å². The molecule has 3 aromatic carbocycles. The fourth-order valence-electron chi connectivity index (χ4n) is 10.1. The molecule has 0 radical (unpaired) electrons. The van der Waals surface area contributed by atoms with Gasteiger partial charge in [-0.3, -0.25) is 14.4 Å². The molecular weight excluding hydrogens is 1130 g/mol. The summed E-state index contributed by atoms with van der Waals surface area (Å²) in [5, 5.41) is 24.7. The van der Waals surface area contributed by atoms with Crippen molar-refractivity contribution in [2.75, 3.05) is 39.5 Å². The van der Waals surface area contributed by atoms with Gasteiger partial charge in [-0.05, 0) is 48.8 Å². The maximum Gasteiger partial charge on any atom is 0.407 e. The van der Waals surface area contributed by atoms with Gasteiger partial charge in [0.05, 0.1) is 30.3 Å². The highest BCUT2D eigenvalue weighted by atomic mass is 16.7. The Balaban J connectivity index is 1.40. The van der Waals surface area contributed by atoms with Crippen molar-refractivity contribution in [3.05, 3.63) is 108 Å². The van der Waals surface area contributed by atoms with Gasteiger partial charge in [-0.2, -0.15) is 0 Å². The maximum atomic E-state index is 15.2. The van der Waals surface area contributed by atoms with E-state index in [0.717, 1.165) is 17.5 Å². The summed E-state index contributed by atoms with van der Waals surface area (Å²) in [6, 6.07) is 22.3. The third kappa shape index (κ3) is 22.9. The molecule has 9 N–H and O–H groups in total. The Bertz CT molecular complexity index is 2530. The Morgan fingerprint density at radius 1 is 0.586 bits per heavy atom. The molecule has 15 atom stereocenters. The molecule has 9 unspecified atom stereocenters. The number of carbonyl (C=O) groups is 6.